The van der Waals surface area contributed by atoms with Crippen molar-refractivity contribution in [3.05, 3.63) is 65.7 Å². The third-order valence-corrected chi connectivity index (χ3v) is 4.02. The van der Waals surface area contributed by atoms with E-state index in [0.717, 1.165) is 6.07 Å². The van der Waals surface area contributed by atoms with Crippen molar-refractivity contribution in [2.75, 3.05) is 0 Å². The average molecular weight is 304 g/mol. The van der Waals surface area contributed by atoms with E-state index in [1.54, 1.807) is 18.2 Å². The second-order valence-electron chi connectivity index (χ2n) is 4.19. The zero-order chi connectivity index (χ0) is 15.5. The maximum Gasteiger partial charge on any atom is 0.264 e. The summed E-state index contributed by atoms with van der Waals surface area (Å²) in [5.41, 5.74) is 5.36. The SMILES string of the molecule is NC(=O)c1cccc(S(=O)(=O)NC(=O)c2ccccc2)c1. The lowest BCUT2D eigenvalue weighted by Gasteiger charge is -2.07. The number of sulfonamides is 1. The molecule has 108 valence electrons. The Bertz CT molecular complexity index is 786. The zero-order valence-corrected chi connectivity index (χ0v) is 11.6. The van der Waals surface area contributed by atoms with Crippen LogP contribution in [0.1, 0.15) is 20.7 Å². The Hall–Kier alpha value is -2.67. The molecule has 21 heavy (non-hydrogen) atoms. The van der Waals surface area contributed by atoms with Gasteiger partial charge in [0, 0.05) is 11.1 Å². The van der Waals surface area contributed by atoms with Gasteiger partial charge in [-0.1, -0.05) is 24.3 Å². The first-order valence-electron chi connectivity index (χ1n) is 5.92. The third kappa shape index (κ3) is 3.46. The molecule has 2 amide bonds. The molecule has 7 heteroatoms. The Morgan fingerprint density at radius 1 is 0.905 bits per heavy atom. The topological polar surface area (TPSA) is 106 Å². The summed E-state index contributed by atoms with van der Waals surface area (Å²) in [6.07, 6.45) is 0. The van der Waals surface area contributed by atoms with Crippen molar-refractivity contribution >= 4 is 21.8 Å². The number of hydrogen-bond donors (Lipinski definition) is 2. The Kier molecular flexibility index (Phi) is 4.04. The molecule has 0 unspecified atom stereocenters. The number of carbonyl (C=O) groups excluding carboxylic acids is 2. The lowest BCUT2D eigenvalue weighted by Crippen LogP contribution is -2.30. The van der Waals surface area contributed by atoms with Crippen molar-refractivity contribution in [3.8, 4) is 0 Å². The lowest BCUT2D eigenvalue weighted by atomic mass is 10.2. The van der Waals surface area contributed by atoms with Gasteiger partial charge < -0.3 is 5.73 Å². The number of benzene rings is 2. The molecule has 0 atom stereocenters. The molecule has 0 saturated carbocycles. The molecule has 2 aromatic carbocycles. The average Bonchev–Trinajstić information content (AvgIpc) is 2.48. The summed E-state index contributed by atoms with van der Waals surface area (Å²) in [5.74, 6) is -1.50. The summed E-state index contributed by atoms with van der Waals surface area (Å²) in [6.45, 7) is 0. The van der Waals surface area contributed by atoms with Crippen LogP contribution in [0, 0.1) is 0 Å². The van der Waals surface area contributed by atoms with Gasteiger partial charge in [-0.05, 0) is 30.3 Å². The molecule has 0 spiro atoms. The summed E-state index contributed by atoms with van der Waals surface area (Å²) >= 11 is 0. The quantitative estimate of drug-likeness (QED) is 0.875. The number of nitrogens with one attached hydrogen (secondary N) is 1. The molecular formula is C14H12N2O4S. The number of carbonyl (C=O) groups is 2. The number of primary amides is 1. The number of rotatable bonds is 4. The first-order valence-corrected chi connectivity index (χ1v) is 7.40. The van der Waals surface area contributed by atoms with Crippen LogP contribution >= 0.6 is 0 Å². The van der Waals surface area contributed by atoms with Crippen LogP contribution in [0.2, 0.25) is 0 Å². The van der Waals surface area contributed by atoms with Gasteiger partial charge in [0.2, 0.25) is 5.91 Å². The monoisotopic (exact) mass is 304 g/mol. The van der Waals surface area contributed by atoms with Crippen LogP contribution in [-0.2, 0) is 10.0 Å². The highest BCUT2D eigenvalue weighted by Crippen LogP contribution is 2.12. The predicted molar refractivity (Wildman–Crippen MR) is 76.1 cm³/mol. The van der Waals surface area contributed by atoms with Gasteiger partial charge in [0.05, 0.1) is 4.90 Å². The van der Waals surface area contributed by atoms with Gasteiger partial charge in [-0.3, -0.25) is 9.59 Å². The van der Waals surface area contributed by atoms with Gasteiger partial charge in [-0.15, -0.1) is 0 Å². The highest BCUT2D eigenvalue weighted by Gasteiger charge is 2.19. The molecule has 0 aliphatic rings. The Labute approximate surface area is 121 Å². The van der Waals surface area contributed by atoms with E-state index in [2.05, 4.69) is 0 Å². The fourth-order valence-electron chi connectivity index (χ4n) is 1.65. The van der Waals surface area contributed by atoms with E-state index in [1.165, 1.54) is 30.3 Å². The molecule has 3 N–H and O–H groups in total. The van der Waals surface area contributed by atoms with Gasteiger partial charge in [-0.25, -0.2) is 13.1 Å². The van der Waals surface area contributed by atoms with Crippen LogP contribution in [0.5, 0.6) is 0 Å². The van der Waals surface area contributed by atoms with Crippen LogP contribution in [-0.4, -0.2) is 20.2 Å². The third-order valence-electron chi connectivity index (χ3n) is 2.69. The van der Waals surface area contributed by atoms with Gasteiger partial charge >= 0.3 is 0 Å². The summed E-state index contributed by atoms with van der Waals surface area (Å²) in [7, 11) is -4.07. The summed E-state index contributed by atoms with van der Waals surface area (Å²) in [4.78, 5) is 22.7. The minimum absolute atomic E-state index is 0.0463. The van der Waals surface area contributed by atoms with E-state index in [9.17, 15) is 18.0 Å². The van der Waals surface area contributed by atoms with Crippen LogP contribution in [0.4, 0.5) is 0 Å². The standard InChI is InChI=1S/C14H12N2O4S/c15-13(17)11-7-4-8-12(9-11)21(19,20)16-14(18)10-5-2-1-3-6-10/h1-9H,(H2,15,17)(H,16,18). The van der Waals surface area contributed by atoms with E-state index in [-0.39, 0.29) is 16.0 Å². The summed E-state index contributed by atoms with van der Waals surface area (Å²) in [6, 6.07) is 13.1. The smallest absolute Gasteiger partial charge is 0.264 e. The zero-order valence-electron chi connectivity index (χ0n) is 10.8. The first-order chi connectivity index (χ1) is 9.90. The molecule has 0 bridgehead atoms. The molecule has 0 heterocycles. The minimum atomic E-state index is -4.07. The molecule has 0 aliphatic heterocycles. The van der Waals surface area contributed by atoms with Crippen LogP contribution < -0.4 is 10.5 Å². The second-order valence-corrected chi connectivity index (χ2v) is 5.88. The van der Waals surface area contributed by atoms with E-state index in [0.29, 0.717) is 0 Å². The van der Waals surface area contributed by atoms with Gasteiger partial charge in [0.25, 0.3) is 15.9 Å². The second kappa shape index (κ2) is 5.76. The van der Waals surface area contributed by atoms with Crippen molar-refractivity contribution in [3.63, 3.8) is 0 Å². The molecule has 0 saturated heterocycles. The fourth-order valence-corrected chi connectivity index (χ4v) is 2.67. The van der Waals surface area contributed by atoms with Crippen LogP contribution in [0.15, 0.2) is 59.5 Å². The van der Waals surface area contributed by atoms with Crippen molar-refractivity contribution < 1.29 is 18.0 Å². The van der Waals surface area contributed by atoms with Gasteiger partial charge in [0.15, 0.2) is 0 Å². The van der Waals surface area contributed by atoms with E-state index >= 15 is 0 Å². The Morgan fingerprint density at radius 3 is 2.14 bits per heavy atom. The maximum absolute atomic E-state index is 12.1. The fraction of sp³-hybridized carbons (Fsp3) is 0. The Morgan fingerprint density at radius 2 is 1.52 bits per heavy atom. The number of nitrogens with two attached hydrogens (primary N) is 1. The van der Waals surface area contributed by atoms with Crippen molar-refractivity contribution in [2.24, 2.45) is 5.73 Å². The van der Waals surface area contributed by atoms with E-state index < -0.39 is 21.8 Å². The lowest BCUT2D eigenvalue weighted by molar-refractivity contribution is 0.0978. The maximum atomic E-state index is 12.1. The highest BCUT2D eigenvalue weighted by atomic mass is 32.2. The highest BCUT2D eigenvalue weighted by molar-refractivity contribution is 7.90. The van der Waals surface area contributed by atoms with E-state index in [4.69, 9.17) is 5.73 Å². The van der Waals surface area contributed by atoms with Crippen LogP contribution in [0.3, 0.4) is 0 Å². The first kappa shape index (κ1) is 14.7. The van der Waals surface area contributed by atoms with Crippen molar-refractivity contribution in [1.82, 2.24) is 4.72 Å². The van der Waals surface area contributed by atoms with Gasteiger partial charge in [0.1, 0.15) is 0 Å². The summed E-state index contributed by atoms with van der Waals surface area (Å²) < 4.78 is 26.1. The molecule has 0 radical (unpaired) electrons. The van der Waals surface area contributed by atoms with Crippen LogP contribution in [0.25, 0.3) is 0 Å². The summed E-state index contributed by atoms with van der Waals surface area (Å²) in [5, 5.41) is 0. The number of hydrogen-bond acceptors (Lipinski definition) is 4. The molecular weight excluding hydrogens is 292 g/mol. The largest absolute Gasteiger partial charge is 0.366 e. The molecule has 2 rings (SSSR count). The molecule has 0 fully saturated rings. The predicted octanol–water partition coefficient (Wildman–Crippen LogP) is 0.904. The molecule has 2 aromatic rings. The van der Waals surface area contributed by atoms with Gasteiger partial charge in [-0.2, -0.15) is 0 Å². The molecule has 0 aromatic heterocycles. The van der Waals surface area contributed by atoms with Crippen molar-refractivity contribution in [1.29, 1.82) is 0 Å². The molecule has 0 aliphatic carbocycles. The van der Waals surface area contributed by atoms with E-state index in [1.807, 2.05) is 4.72 Å². The Balaban J connectivity index is 2.29. The normalized spacial score (nSPS) is 10.9. The minimum Gasteiger partial charge on any atom is -0.366 e. The molecule has 6 nitrogen and oxygen atoms in total. The van der Waals surface area contributed by atoms with Crippen molar-refractivity contribution in [2.45, 2.75) is 4.90 Å². The number of amides is 2.